The number of hydrogen-bond donors (Lipinski definition) is 1. The zero-order valence-corrected chi connectivity index (χ0v) is 11.5. The summed E-state index contributed by atoms with van der Waals surface area (Å²) in [6.45, 7) is 2.19. The number of hydrogen-bond acceptors (Lipinski definition) is 3. The molecule has 1 unspecified atom stereocenters. The van der Waals surface area contributed by atoms with Gasteiger partial charge < -0.3 is 15.0 Å². The van der Waals surface area contributed by atoms with Crippen LogP contribution in [0.3, 0.4) is 0 Å². The first kappa shape index (κ1) is 12.9. The SMILES string of the molecule is COC(C(=O)N1CC=C2CNC=C2C1)c1ccccc1. The van der Waals surface area contributed by atoms with Crippen molar-refractivity contribution in [1.29, 1.82) is 0 Å². The lowest BCUT2D eigenvalue weighted by Gasteiger charge is -2.29. The maximum absolute atomic E-state index is 12.6. The van der Waals surface area contributed by atoms with E-state index in [1.807, 2.05) is 41.4 Å². The molecule has 2 aliphatic rings. The van der Waals surface area contributed by atoms with Gasteiger partial charge in [0.2, 0.25) is 0 Å². The molecule has 0 saturated heterocycles. The highest BCUT2D eigenvalue weighted by Crippen LogP contribution is 2.24. The van der Waals surface area contributed by atoms with Crippen LogP contribution in [-0.4, -0.2) is 37.6 Å². The van der Waals surface area contributed by atoms with Crippen LogP contribution in [0.15, 0.2) is 53.8 Å². The molecular formula is C16H18N2O2. The summed E-state index contributed by atoms with van der Waals surface area (Å²) in [4.78, 5) is 14.5. The summed E-state index contributed by atoms with van der Waals surface area (Å²) < 4.78 is 5.42. The molecule has 0 saturated carbocycles. The Labute approximate surface area is 118 Å². The third-order valence-electron chi connectivity index (χ3n) is 3.77. The fourth-order valence-corrected chi connectivity index (χ4v) is 2.67. The van der Waals surface area contributed by atoms with Crippen LogP contribution in [0.1, 0.15) is 11.7 Å². The van der Waals surface area contributed by atoms with Gasteiger partial charge in [0.1, 0.15) is 0 Å². The van der Waals surface area contributed by atoms with E-state index in [-0.39, 0.29) is 5.91 Å². The van der Waals surface area contributed by atoms with Crippen LogP contribution in [-0.2, 0) is 9.53 Å². The fourth-order valence-electron chi connectivity index (χ4n) is 2.67. The summed E-state index contributed by atoms with van der Waals surface area (Å²) in [5.74, 6) is 0.0156. The van der Waals surface area contributed by atoms with Crippen LogP contribution in [0.2, 0.25) is 0 Å². The molecule has 0 aromatic heterocycles. The van der Waals surface area contributed by atoms with Gasteiger partial charge in [-0.15, -0.1) is 0 Å². The first-order valence-corrected chi connectivity index (χ1v) is 6.78. The normalized spacial score (nSPS) is 18.8. The van der Waals surface area contributed by atoms with Crippen molar-refractivity contribution >= 4 is 5.91 Å². The van der Waals surface area contributed by atoms with Crippen molar-refractivity contribution in [2.75, 3.05) is 26.7 Å². The van der Waals surface area contributed by atoms with Crippen molar-refractivity contribution in [1.82, 2.24) is 10.2 Å². The van der Waals surface area contributed by atoms with E-state index in [1.165, 1.54) is 11.1 Å². The Kier molecular flexibility index (Phi) is 3.56. The molecule has 2 aliphatic heterocycles. The lowest BCUT2D eigenvalue weighted by Crippen LogP contribution is -2.39. The van der Waals surface area contributed by atoms with Gasteiger partial charge in [0.15, 0.2) is 6.10 Å². The molecule has 4 heteroatoms. The molecule has 0 aliphatic carbocycles. The van der Waals surface area contributed by atoms with Crippen molar-refractivity contribution < 1.29 is 9.53 Å². The lowest BCUT2D eigenvalue weighted by atomic mass is 10.0. The van der Waals surface area contributed by atoms with Gasteiger partial charge in [-0.25, -0.2) is 0 Å². The van der Waals surface area contributed by atoms with Gasteiger partial charge in [0, 0.05) is 32.9 Å². The van der Waals surface area contributed by atoms with Crippen molar-refractivity contribution in [2.45, 2.75) is 6.10 Å². The van der Waals surface area contributed by atoms with E-state index < -0.39 is 6.10 Å². The second-order valence-electron chi connectivity index (χ2n) is 5.03. The number of ether oxygens (including phenoxy) is 1. The van der Waals surface area contributed by atoms with Crippen LogP contribution in [0.5, 0.6) is 0 Å². The largest absolute Gasteiger partial charge is 0.387 e. The highest BCUT2D eigenvalue weighted by atomic mass is 16.5. The molecule has 0 fully saturated rings. The van der Waals surface area contributed by atoms with E-state index in [1.54, 1.807) is 7.11 Å². The zero-order valence-electron chi connectivity index (χ0n) is 11.5. The molecule has 0 radical (unpaired) electrons. The third kappa shape index (κ3) is 2.34. The standard InChI is InChI=1S/C16H18N2O2/c1-20-15(12-5-3-2-4-6-12)16(19)18-8-7-13-9-17-10-14(13)11-18/h2-7,10,15,17H,8-9,11H2,1H3. The minimum atomic E-state index is -0.527. The Morgan fingerprint density at radius 2 is 2.10 bits per heavy atom. The van der Waals surface area contributed by atoms with Crippen LogP contribution < -0.4 is 5.32 Å². The average Bonchev–Trinajstić information content (AvgIpc) is 2.96. The molecule has 104 valence electrons. The molecule has 20 heavy (non-hydrogen) atoms. The summed E-state index contributed by atoms with van der Waals surface area (Å²) in [6.07, 6.45) is 3.58. The molecule has 4 nitrogen and oxygen atoms in total. The van der Waals surface area contributed by atoms with Crippen LogP contribution in [0.4, 0.5) is 0 Å². The minimum absolute atomic E-state index is 0.0156. The zero-order chi connectivity index (χ0) is 13.9. The maximum atomic E-state index is 12.6. The molecule has 3 rings (SSSR count). The molecule has 1 amide bonds. The molecule has 0 spiro atoms. The number of amides is 1. The predicted octanol–water partition coefficient (Wildman–Crippen LogP) is 1.63. The number of carbonyl (C=O) groups is 1. The fraction of sp³-hybridized carbons (Fsp3) is 0.312. The van der Waals surface area contributed by atoms with Crippen molar-refractivity contribution in [3.05, 3.63) is 59.3 Å². The molecule has 1 atom stereocenters. The highest BCUT2D eigenvalue weighted by Gasteiger charge is 2.29. The topological polar surface area (TPSA) is 41.6 Å². The monoisotopic (exact) mass is 270 g/mol. The Hall–Kier alpha value is -2.07. The Balaban J connectivity index is 1.78. The molecule has 1 aromatic rings. The van der Waals surface area contributed by atoms with Gasteiger partial charge in [0.05, 0.1) is 0 Å². The summed E-state index contributed by atoms with van der Waals surface area (Å²) in [6, 6.07) is 9.63. The van der Waals surface area contributed by atoms with Gasteiger partial charge in [-0.3, -0.25) is 4.79 Å². The van der Waals surface area contributed by atoms with E-state index in [0.29, 0.717) is 13.1 Å². The molecule has 0 bridgehead atoms. The summed E-state index contributed by atoms with van der Waals surface area (Å²) in [5.41, 5.74) is 3.41. The van der Waals surface area contributed by atoms with Crippen molar-refractivity contribution in [3.8, 4) is 0 Å². The number of methoxy groups -OCH3 is 1. The number of fused-ring (bicyclic) bond motifs is 1. The second-order valence-corrected chi connectivity index (χ2v) is 5.03. The molecule has 2 heterocycles. The predicted molar refractivity (Wildman–Crippen MR) is 76.9 cm³/mol. The summed E-state index contributed by atoms with van der Waals surface area (Å²) >= 11 is 0. The quantitative estimate of drug-likeness (QED) is 0.907. The number of benzene rings is 1. The number of carbonyl (C=O) groups excluding carboxylic acids is 1. The van der Waals surface area contributed by atoms with E-state index in [0.717, 1.165) is 12.1 Å². The minimum Gasteiger partial charge on any atom is -0.387 e. The maximum Gasteiger partial charge on any atom is 0.256 e. The number of rotatable bonds is 3. The smallest absolute Gasteiger partial charge is 0.256 e. The van der Waals surface area contributed by atoms with Crippen LogP contribution in [0, 0.1) is 0 Å². The highest BCUT2D eigenvalue weighted by molar-refractivity contribution is 5.83. The van der Waals surface area contributed by atoms with E-state index in [9.17, 15) is 4.79 Å². The summed E-state index contributed by atoms with van der Waals surface area (Å²) in [5, 5.41) is 3.20. The summed E-state index contributed by atoms with van der Waals surface area (Å²) in [7, 11) is 1.58. The van der Waals surface area contributed by atoms with Crippen LogP contribution in [0.25, 0.3) is 0 Å². The van der Waals surface area contributed by atoms with Crippen molar-refractivity contribution in [3.63, 3.8) is 0 Å². The molecular weight excluding hydrogens is 252 g/mol. The molecule has 1 N–H and O–H groups in total. The van der Waals surface area contributed by atoms with Crippen molar-refractivity contribution in [2.24, 2.45) is 0 Å². The lowest BCUT2D eigenvalue weighted by molar-refractivity contribution is -0.141. The molecule has 1 aromatic carbocycles. The number of nitrogens with one attached hydrogen (secondary N) is 1. The van der Waals surface area contributed by atoms with Gasteiger partial charge >= 0.3 is 0 Å². The van der Waals surface area contributed by atoms with E-state index >= 15 is 0 Å². The van der Waals surface area contributed by atoms with E-state index in [4.69, 9.17) is 4.74 Å². The van der Waals surface area contributed by atoms with Gasteiger partial charge in [0.25, 0.3) is 5.91 Å². The average molecular weight is 270 g/mol. The Morgan fingerprint density at radius 3 is 2.85 bits per heavy atom. The Morgan fingerprint density at radius 1 is 1.30 bits per heavy atom. The number of nitrogens with zero attached hydrogens (tertiary/aromatic N) is 1. The third-order valence-corrected chi connectivity index (χ3v) is 3.77. The first-order valence-electron chi connectivity index (χ1n) is 6.78. The van der Waals surface area contributed by atoms with Crippen LogP contribution >= 0.6 is 0 Å². The van der Waals surface area contributed by atoms with Gasteiger partial charge in [-0.05, 0) is 16.7 Å². The Bertz CT molecular complexity index is 563. The first-order chi connectivity index (χ1) is 9.79. The van der Waals surface area contributed by atoms with Gasteiger partial charge in [-0.1, -0.05) is 36.4 Å². The van der Waals surface area contributed by atoms with E-state index in [2.05, 4.69) is 11.4 Å². The van der Waals surface area contributed by atoms with Gasteiger partial charge in [-0.2, -0.15) is 0 Å². The second kappa shape index (κ2) is 5.51.